The van der Waals surface area contributed by atoms with Gasteiger partial charge in [-0.2, -0.15) is 0 Å². The predicted octanol–water partition coefficient (Wildman–Crippen LogP) is 3.44. The molecule has 0 spiro atoms. The van der Waals surface area contributed by atoms with E-state index in [2.05, 4.69) is 22.8 Å². The van der Waals surface area contributed by atoms with Crippen molar-refractivity contribution in [3.8, 4) is 11.1 Å². The van der Waals surface area contributed by atoms with Crippen LogP contribution in [-0.4, -0.2) is 54.5 Å². The number of hydrogen-bond acceptors (Lipinski definition) is 5. The molecule has 3 N–H and O–H groups in total. The third-order valence-electron chi connectivity index (χ3n) is 6.83. The van der Waals surface area contributed by atoms with Gasteiger partial charge in [0.05, 0.1) is 18.6 Å². The van der Waals surface area contributed by atoms with Crippen LogP contribution in [0.2, 0.25) is 0 Å². The Bertz CT molecular complexity index is 1050. The zero-order chi connectivity index (χ0) is 24.3. The number of amides is 2. The lowest BCUT2D eigenvalue weighted by Crippen LogP contribution is -2.65. The van der Waals surface area contributed by atoms with Crippen LogP contribution in [0.15, 0.2) is 48.5 Å². The van der Waals surface area contributed by atoms with Gasteiger partial charge in [-0.1, -0.05) is 48.5 Å². The zero-order valence-electron chi connectivity index (χ0n) is 19.4. The first kappa shape index (κ1) is 23.8. The van der Waals surface area contributed by atoms with Gasteiger partial charge in [0, 0.05) is 13.0 Å². The molecule has 8 nitrogen and oxygen atoms in total. The molecule has 0 heterocycles. The normalized spacial score (nSPS) is 17.5. The molecule has 2 amide bonds. The molecule has 1 atom stereocenters. The lowest BCUT2D eigenvalue weighted by Gasteiger charge is -2.43. The highest BCUT2D eigenvalue weighted by atomic mass is 16.5. The number of rotatable bonds is 9. The summed E-state index contributed by atoms with van der Waals surface area (Å²) in [6.07, 6.45) is 1.11. The number of ether oxygens (including phenoxy) is 2. The number of nitrogens with one attached hydrogen (secondary N) is 2. The van der Waals surface area contributed by atoms with Gasteiger partial charge in [0.15, 0.2) is 0 Å². The molecular weight excluding hydrogens is 436 g/mol. The second-order valence-electron chi connectivity index (χ2n) is 9.37. The highest BCUT2D eigenvalue weighted by molar-refractivity contribution is 5.91. The van der Waals surface area contributed by atoms with Crippen molar-refractivity contribution in [1.29, 1.82) is 0 Å². The van der Waals surface area contributed by atoms with E-state index in [1.807, 2.05) is 36.4 Å². The predicted molar refractivity (Wildman–Crippen MR) is 125 cm³/mol. The van der Waals surface area contributed by atoms with Gasteiger partial charge in [-0.25, -0.2) is 4.79 Å². The Kier molecular flexibility index (Phi) is 6.61. The van der Waals surface area contributed by atoms with Crippen LogP contribution in [0.25, 0.3) is 11.1 Å². The Labute approximate surface area is 198 Å². The van der Waals surface area contributed by atoms with Crippen LogP contribution < -0.4 is 10.6 Å². The standard InChI is InChI=1S/C26H30N2O6/c1-25(16-33-2,23(31)27-26(12-7-13-26)14-22(29)30)28-24(32)34-15-21-19-10-5-3-8-17(19)18-9-4-6-11-20(18)21/h3-6,8-11,21H,7,12-16H2,1-2H3,(H,27,31)(H,28,32)(H,29,30). The summed E-state index contributed by atoms with van der Waals surface area (Å²) < 4.78 is 10.8. The highest BCUT2D eigenvalue weighted by Crippen LogP contribution is 2.44. The van der Waals surface area contributed by atoms with Crippen molar-refractivity contribution in [3.05, 3.63) is 59.7 Å². The average Bonchev–Trinajstić information content (AvgIpc) is 3.09. The minimum atomic E-state index is -1.42. The number of carboxylic acid groups (broad SMARTS) is 1. The number of carboxylic acids is 1. The smallest absolute Gasteiger partial charge is 0.408 e. The van der Waals surface area contributed by atoms with Crippen LogP contribution in [0.3, 0.4) is 0 Å². The molecule has 0 aliphatic heterocycles. The Balaban J connectivity index is 1.43. The van der Waals surface area contributed by atoms with Crippen LogP contribution in [0.4, 0.5) is 4.79 Å². The Hall–Kier alpha value is -3.39. The van der Waals surface area contributed by atoms with E-state index in [1.54, 1.807) is 6.92 Å². The topological polar surface area (TPSA) is 114 Å². The van der Waals surface area contributed by atoms with Crippen molar-refractivity contribution in [2.75, 3.05) is 20.3 Å². The first-order valence-corrected chi connectivity index (χ1v) is 11.4. The molecule has 0 saturated heterocycles. The van der Waals surface area contributed by atoms with Crippen LogP contribution in [0.5, 0.6) is 0 Å². The third kappa shape index (κ3) is 4.63. The average molecular weight is 467 g/mol. The van der Waals surface area contributed by atoms with E-state index in [0.29, 0.717) is 12.8 Å². The fourth-order valence-electron chi connectivity index (χ4n) is 4.92. The van der Waals surface area contributed by atoms with Crippen molar-refractivity contribution >= 4 is 18.0 Å². The molecule has 4 rings (SSSR count). The van der Waals surface area contributed by atoms with Crippen LogP contribution in [-0.2, 0) is 19.1 Å². The van der Waals surface area contributed by atoms with E-state index in [9.17, 15) is 19.5 Å². The molecule has 180 valence electrons. The summed E-state index contributed by atoms with van der Waals surface area (Å²) in [5, 5.41) is 14.7. The summed E-state index contributed by atoms with van der Waals surface area (Å²) in [5.74, 6) is -1.57. The van der Waals surface area contributed by atoms with Crippen molar-refractivity contribution in [3.63, 3.8) is 0 Å². The summed E-state index contributed by atoms with van der Waals surface area (Å²) in [6.45, 7) is 1.57. The number of methoxy groups -OCH3 is 1. The van der Waals surface area contributed by atoms with Crippen LogP contribution in [0, 0.1) is 0 Å². The summed E-state index contributed by atoms with van der Waals surface area (Å²) in [5.41, 5.74) is 2.22. The maximum Gasteiger partial charge on any atom is 0.408 e. The highest BCUT2D eigenvalue weighted by Gasteiger charge is 2.45. The number of carbonyl (C=O) groups is 3. The lowest BCUT2D eigenvalue weighted by atomic mass is 9.74. The zero-order valence-corrected chi connectivity index (χ0v) is 19.4. The molecule has 34 heavy (non-hydrogen) atoms. The maximum atomic E-state index is 13.1. The number of fused-ring (bicyclic) bond motifs is 3. The molecule has 2 aliphatic carbocycles. The molecule has 2 aliphatic rings. The van der Waals surface area contributed by atoms with E-state index >= 15 is 0 Å². The van der Waals surface area contributed by atoms with Gasteiger partial charge in [0.1, 0.15) is 12.1 Å². The third-order valence-corrected chi connectivity index (χ3v) is 6.83. The number of hydrogen-bond donors (Lipinski definition) is 3. The van der Waals surface area contributed by atoms with Gasteiger partial charge in [-0.15, -0.1) is 0 Å². The van der Waals surface area contributed by atoms with Crippen LogP contribution in [0.1, 0.15) is 49.7 Å². The first-order valence-electron chi connectivity index (χ1n) is 11.4. The second-order valence-corrected chi connectivity index (χ2v) is 9.37. The molecule has 8 heteroatoms. The SMILES string of the molecule is COCC(C)(NC(=O)OCC1c2ccccc2-c2ccccc21)C(=O)NC1(CC(=O)O)CCC1. The molecule has 2 aromatic rings. The van der Waals surface area contributed by atoms with Gasteiger partial charge < -0.3 is 25.2 Å². The van der Waals surface area contributed by atoms with Gasteiger partial charge in [0.25, 0.3) is 0 Å². The van der Waals surface area contributed by atoms with Crippen molar-refractivity contribution in [2.45, 2.75) is 49.6 Å². The molecular formula is C26H30N2O6. The van der Waals surface area contributed by atoms with Gasteiger partial charge >= 0.3 is 12.1 Å². The van der Waals surface area contributed by atoms with E-state index in [0.717, 1.165) is 28.7 Å². The van der Waals surface area contributed by atoms with E-state index in [1.165, 1.54) is 7.11 Å². The van der Waals surface area contributed by atoms with Crippen LogP contribution >= 0.6 is 0 Å². The molecule has 1 saturated carbocycles. The lowest BCUT2D eigenvalue weighted by molar-refractivity contribution is -0.141. The molecule has 0 radical (unpaired) electrons. The summed E-state index contributed by atoms with van der Waals surface area (Å²) in [4.78, 5) is 37.2. The molecule has 0 aromatic heterocycles. The molecule has 2 aromatic carbocycles. The number of carbonyl (C=O) groups excluding carboxylic acids is 2. The first-order chi connectivity index (χ1) is 16.3. The Morgan fingerprint density at radius 1 is 1.06 bits per heavy atom. The monoisotopic (exact) mass is 466 g/mol. The largest absolute Gasteiger partial charge is 0.481 e. The Morgan fingerprint density at radius 3 is 2.15 bits per heavy atom. The van der Waals surface area contributed by atoms with Gasteiger partial charge in [-0.3, -0.25) is 9.59 Å². The van der Waals surface area contributed by atoms with E-state index < -0.39 is 29.0 Å². The van der Waals surface area contributed by atoms with E-state index in [-0.39, 0.29) is 25.6 Å². The minimum Gasteiger partial charge on any atom is -0.481 e. The number of benzene rings is 2. The number of aliphatic carboxylic acids is 1. The van der Waals surface area contributed by atoms with E-state index in [4.69, 9.17) is 9.47 Å². The fourth-order valence-corrected chi connectivity index (χ4v) is 4.92. The summed E-state index contributed by atoms with van der Waals surface area (Å²) in [7, 11) is 1.43. The second kappa shape index (κ2) is 9.46. The maximum absolute atomic E-state index is 13.1. The fraction of sp³-hybridized carbons (Fsp3) is 0.423. The molecule has 0 bridgehead atoms. The molecule has 1 fully saturated rings. The Morgan fingerprint density at radius 2 is 1.65 bits per heavy atom. The van der Waals surface area contributed by atoms with Crippen molar-refractivity contribution in [1.82, 2.24) is 10.6 Å². The van der Waals surface area contributed by atoms with Gasteiger partial charge in [0.2, 0.25) is 5.91 Å². The summed E-state index contributed by atoms with van der Waals surface area (Å²) >= 11 is 0. The summed E-state index contributed by atoms with van der Waals surface area (Å²) in [6, 6.07) is 16.1. The van der Waals surface area contributed by atoms with Crippen molar-refractivity contribution in [2.24, 2.45) is 0 Å². The number of alkyl carbamates (subject to hydrolysis) is 1. The minimum absolute atomic E-state index is 0.0911. The quantitative estimate of drug-likeness (QED) is 0.522. The van der Waals surface area contributed by atoms with Gasteiger partial charge in [-0.05, 0) is 48.4 Å². The molecule has 1 unspecified atom stereocenters. The van der Waals surface area contributed by atoms with Crippen molar-refractivity contribution < 1.29 is 29.0 Å².